The second-order valence-corrected chi connectivity index (χ2v) is 6.33. The molecule has 1 fully saturated rings. The number of ether oxygens (including phenoxy) is 1. The van der Waals surface area contributed by atoms with Crippen molar-refractivity contribution in [3.63, 3.8) is 0 Å². The maximum absolute atomic E-state index is 13.9. The first kappa shape index (κ1) is 17.4. The zero-order valence-corrected chi connectivity index (χ0v) is 13.4. The molecule has 2 amide bonds. The molecule has 0 saturated carbocycles. The van der Waals surface area contributed by atoms with Crippen LogP contribution in [0, 0.1) is 5.82 Å². The second kappa shape index (κ2) is 6.49. The van der Waals surface area contributed by atoms with E-state index in [9.17, 15) is 24.2 Å². The highest BCUT2D eigenvalue weighted by atomic mass is 19.1. The summed E-state index contributed by atoms with van der Waals surface area (Å²) in [6, 6.07) is 2.57. The van der Waals surface area contributed by atoms with Gasteiger partial charge in [-0.15, -0.1) is 0 Å². The number of β-amino-alcohol motifs (C(OH)–C–C–N with tert-alkyl or cyclic N) is 1. The molecule has 25 heavy (non-hydrogen) atoms. The Labute approximate surface area is 142 Å². The molecule has 3 rings (SSSR count). The molecule has 136 valence electrons. The Balaban J connectivity index is 1.73. The lowest BCUT2D eigenvalue weighted by Gasteiger charge is -2.40. The summed E-state index contributed by atoms with van der Waals surface area (Å²) in [6.45, 7) is -0.412. The van der Waals surface area contributed by atoms with Gasteiger partial charge in [0.05, 0.1) is 12.2 Å². The molecule has 1 aromatic carbocycles. The number of amides is 2. The average molecular weight is 354 g/mol. The highest BCUT2D eigenvalue weighted by Crippen LogP contribution is 2.34. The number of carbonyl (C=O) groups excluding carboxylic acids is 1. The smallest absolute Gasteiger partial charge is 0.407 e. The third-order valence-electron chi connectivity index (χ3n) is 4.66. The van der Waals surface area contributed by atoms with Gasteiger partial charge < -0.3 is 30.3 Å². The summed E-state index contributed by atoms with van der Waals surface area (Å²) in [5.74, 6) is -0.528. The van der Waals surface area contributed by atoms with Crippen LogP contribution in [0.5, 0.6) is 5.75 Å². The molecular weight excluding hydrogens is 335 g/mol. The number of halogens is 1. The fraction of sp³-hybridized carbons (Fsp3) is 0.500. The predicted octanol–water partition coefficient (Wildman–Crippen LogP) is 0.565. The average Bonchev–Trinajstić information content (AvgIpc) is 2.57. The first-order chi connectivity index (χ1) is 11.8. The Morgan fingerprint density at radius 3 is 2.88 bits per heavy atom. The van der Waals surface area contributed by atoms with Crippen LogP contribution in [0.1, 0.15) is 18.4 Å². The number of likely N-dealkylation sites (tertiary alicyclic amines) is 1. The Bertz CT molecular complexity index is 712. The number of anilines is 1. The third kappa shape index (κ3) is 3.38. The number of nitrogens with one attached hydrogen (secondary N) is 1. The summed E-state index contributed by atoms with van der Waals surface area (Å²) in [6.07, 6.45) is -1.94. The van der Waals surface area contributed by atoms with Crippen molar-refractivity contribution in [2.24, 2.45) is 0 Å². The van der Waals surface area contributed by atoms with Crippen LogP contribution in [0.4, 0.5) is 14.9 Å². The third-order valence-corrected chi connectivity index (χ3v) is 4.66. The van der Waals surface area contributed by atoms with Crippen LogP contribution in [0.25, 0.3) is 0 Å². The van der Waals surface area contributed by atoms with Gasteiger partial charge in [-0.1, -0.05) is 0 Å². The molecule has 0 bridgehead atoms. The van der Waals surface area contributed by atoms with Crippen molar-refractivity contribution >= 4 is 17.7 Å². The highest BCUT2D eigenvalue weighted by molar-refractivity contribution is 5.94. The SMILES string of the molecule is O=C1CCc2c(OC[C@]3(O)CCN(C(=O)O)C[C@H]3O)ccc(F)c2N1. The summed E-state index contributed by atoms with van der Waals surface area (Å²) < 4.78 is 19.5. The van der Waals surface area contributed by atoms with Gasteiger partial charge in [0.15, 0.2) is 0 Å². The van der Waals surface area contributed by atoms with Gasteiger partial charge in [-0.25, -0.2) is 9.18 Å². The molecule has 0 unspecified atom stereocenters. The van der Waals surface area contributed by atoms with Crippen molar-refractivity contribution in [3.05, 3.63) is 23.5 Å². The van der Waals surface area contributed by atoms with Gasteiger partial charge in [-0.3, -0.25) is 4.79 Å². The number of aliphatic hydroxyl groups excluding tert-OH is 1. The van der Waals surface area contributed by atoms with Crippen LogP contribution >= 0.6 is 0 Å². The zero-order valence-electron chi connectivity index (χ0n) is 13.4. The predicted molar refractivity (Wildman–Crippen MR) is 84.0 cm³/mol. The van der Waals surface area contributed by atoms with Gasteiger partial charge in [0, 0.05) is 18.5 Å². The Morgan fingerprint density at radius 2 is 2.20 bits per heavy atom. The number of rotatable bonds is 3. The van der Waals surface area contributed by atoms with Crippen LogP contribution in [-0.2, 0) is 11.2 Å². The first-order valence-corrected chi connectivity index (χ1v) is 7.92. The van der Waals surface area contributed by atoms with Gasteiger partial charge in [-0.2, -0.15) is 0 Å². The Kier molecular flexibility index (Phi) is 4.53. The monoisotopic (exact) mass is 354 g/mol. The molecule has 0 aromatic heterocycles. The number of carboxylic acid groups (broad SMARTS) is 1. The van der Waals surface area contributed by atoms with E-state index in [0.29, 0.717) is 17.7 Å². The molecule has 8 nitrogen and oxygen atoms in total. The van der Waals surface area contributed by atoms with E-state index in [4.69, 9.17) is 9.84 Å². The molecule has 2 heterocycles. The van der Waals surface area contributed by atoms with Crippen LogP contribution in [0.15, 0.2) is 12.1 Å². The van der Waals surface area contributed by atoms with Crippen molar-refractivity contribution in [1.82, 2.24) is 4.90 Å². The second-order valence-electron chi connectivity index (χ2n) is 6.33. The number of carbonyl (C=O) groups is 2. The number of benzene rings is 1. The van der Waals surface area contributed by atoms with Gasteiger partial charge in [0.1, 0.15) is 29.9 Å². The summed E-state index contributed by atoms with van der Waals surface area (Å²) in [5, 5.41) is 32.1. The van der Waals surface area contributed by atoms with E-state index in [-0.39, 0.29) is 44.1 Å². The van der Waals surface area contributed by atoms with Crippen molar-refractivity contribution in [1.29, 1.82) is 0 Å². The van der Waals surface area contributed by atoms with E-state index in [1.807, 2.05) is 0 Å². The van der Waals surface area contributed by atoms with Gasteiger partial charge in [0.25, 0.3) is 0 Å². The minimum atomic E-state index is -1.61. The van der Waals surface area contributed by atoms with Crippen molar-refractivity contribution in [2.45, 2.75) is 31.0 Å². The summed E-state index contributed by atoms with van der Waals surface area (Å²) in [5.41, 5.74) is -1.03. The van der Waals surface area contributed by atoms with Crippen LogP contribution in [0.3, 0.4) is 0 Å². The minimum absolute atomic E-state index is 0.0145. The van der Waals surface area contributed by atoms with Gasteiger partial charge in [0.2, 0.25) is 5.91 Å². The maximum Gasteiger partial charge on any atom is 0.407 e. The lowest BCUT2D eigenvalue weighted by atomic mass is 9.89. The van der Waals surface area contributed by atoms with E-state index in [2.05, 4.69) is 5.32 Å². The number of piperidine rings is 1. The summed E-state index contributed by atoms with van der Waals surface area (Å²) in [4.78, 5) is 23.4. The number of aliphatic hydroxyl groups is 2. The van der Waals surface area contributed by atoms with E-state index in [1.165, 1.54) is 6.07 Å². The van der Waals surface area contributed by atoms with Crippen LogP contribution in [0.2, 0.25) is 0 Å². The van der Waals surface area contributed by atoms with Crippen LogP contribution < -0.4 is 10.1 Å². The number of hydrogen-bond donors (Lipinski definition) is 4. The summed E-state index contributed by atoms with van der Waals surface area (Å²) in [7, 11) is 0. The topological polar surface area (TPSA) is 119 Å². The fourth-order valence-electron chi connectivity index (χ4n) is 3.07. The number of fused-ring (bicyclic) bond motifs is 1. The lowest BCUT2D eigenvalue weighted by Crippen LogP contribution is -2.59. The number of nitrogens with zero attached hydrogens (tertiary/aromatic N) is 1. The standard InChI is InChI=1S/C16H19FN2O6/c17-10-2-3-11(9-1-4-13(21)18-14(9)10)25-8-16(24)5-6-19(15(22)23)7-12(16)20/h2-3,12,20,24H,1,4-8H2,(H,18,21)(H,22,23)/t12-,16-/m1/s1. The largest absolute Gasteiger partial charge is 0.490 e. The van der Waals surface area contributed by atoms with Gasteiger partial charge >= 0.3 is 6.09 Å². The lowest BCUT2D eigenvalue weighted by molar-refractivity contribution is -0.132. The first-order valence-electron chi connectivity index (χ1n) is 7.92. The molecular formula is C16H19FN2O6. The van der Waals surface area contributed by atoms with E-state index in [0.717, 1.165) is 11.0 Å². The zero-order chi connectivity index (χ0) is 18.2. The minimum Gasteiger partial charge on any atom is -0.490 e. The normalized spacial score (nSPS) is 26.0. The fourth-order valence-corrected chi connectivity index (χ4v) is 3.07. The van der Waals surface area contributed by atoms with Crippen molar-refractivity contribution < 1.29 is 34.0 Å². The Hall–Kier alpha value is -2.39. The summed E-state index contributed by atoms with van der Waals surface area (Å²) >= 11 is 0. The van der Waals surface area contributed by atoms with E-state index < -0.39 is 23.6 Å². The number of hydrogen-bond acceptors (Lipinski definition) is 5. The maximum atomic E-state index is 13.9. The molecule has 0 spiro atoms. The molecule has 0 radical (unpaired) electrons. The van der Waals surface area contributed by atoms with Crippen molar-refractivity contribution in [3.8, 4) is 5.75 Å². The Morgan fingerprint density at radius 1 is 1.44 bits per heavy atom. The molecule has 1 saturated heterocycles. The molecule has 2 aliphatic rings. The van der Waals surface area contributed by atoms with Crippen molar-refractivity contribution in [2.75, 3.05) is 25.0 Å². The van der Waals surface area contributed by atoms with E-state index in [1.54, 1.807) is 0 Å². The molecule has 2 atom stereocenters. The molecule has 2 aliphatic heterocycles. The molecule has 1 aromatic rings. The molecule has 0 aliphatic carbocycles. The van der Waals surface area contributed by atoms with Crippen LogP contribution in [-0.4, -0.2) is 63.6 Å². The van der Waals surface area contributed by atoms with E-state index >= 15 is 0 Å². The highest BCUT2D eigenvalue weighted by Gasteiger charge is 2.43. The molecule has 9 heteroatoms. The quantitative estimate of drug-likeness (QED) is 0.630. The molecule has 4 N–H and O–H groups in total. The van der Waals surface area contributed by atoms with Gasteiger partial charge in [-0.05, 0) is 25.0 Å².